The van der Waals surface area contributed by atoms with E-state index in [9.17, 15) is 10.4 Å². The van der Waals surface area contributed by atoms with Crippen molar-refractivity contribution in [1.82, 2.24) is 0 Å². The highest BCUT2D eigenvalue weighted by Gasteiger charge is 2.38. The highest BCUT2D eigenvalue weighted by molar-refractivity contribution is 5.85. The number of nitriles is 3. The number of nitrogens with zero attached hydrogens (tertiary/aromatic N) is 4. The molecule has 2 aliphatic rings. The third-order valence-electron chi connectivity index (χ3n) is 5.15. The predicted octanol–water partition coefficient (Wildman–Crippen LogP) is 4.59. The van der Waals surface area contributed by atoms with Crippen molar-refractivity contribution in [2.75, 3.05) is 18.1 Å². The molecule has 0 atom stereocenters. The van der Waals surface area contributed by atoms with E-state index in [2.05, 4.69) is 11.8 Å². The molecule has 0 fully saturated rings. The first-order valence-electron chi connectivity index (χ1n) is 10.3. The Labute approximate surface area is 193 Å². The molecule has 6 nitrogen and oxygen atoms in total. The molecule has 1 aromatic carbocycles. The second kappa shape index (κ2) is 10.2. The lowest BCUT2D eigenvalue weighted by Gasteiger charge is -2.26. The first-order chi connectivity index (χ1) is 16.0. The average molecular weight is 434 g/mol. The Morgan fingerprint density at radius 3 is 2.58 bits per heavy atom. The summed E-state index contributed by atoms with van der Waals surface area (Å²) in [4.78, 5) is 2.00. The molecule has 0 saturated heterocycles. The highest BCUT2D eigenvalue weighted by atomic mass is 16.5. The summed E-state index contributed by atoms with van der Waals surface area (Å²) < 4.78 is 5.74. The second-order valence-electron chi connectivity index (χ2n) is 7.66. The Balaban J connectivity index is 1.85. The van der Waals surface area contributed by atoms with Crippen LogP contribution >= 0.6 is 0 Å². The average Bonchev–Trinajstić information content (AvgIpc) is 3.07. The molecule has 0 unspecified atom stereocenters. The topological polar surface area (TPSA) is 104 Å². The summed E-state index contributed by atoms with van der Waals surface area (Å²) in [5, 5.41) is 37.1. The number of β-amino-alcohol motifs (C(OH)–C–C–N with tert-alkyl or cyclic N) is 1. The number of hydrogen-bond donors (Lipinski definition) is 1. The van der Waals surface area contributed by atoms with Crippen LogP contribution in [0.25, 0.3) is 5.57 Å². The van der Waals surface area contributed by atoms with Gasteiger partial charge in [0, 0.05) is 35.1 Å². The molecular weight excluding hydrogens is 412 g/mol. The molecule has 0 spiro atoms. The number of para-hydroxylation sites is 1. The third kappa shape index (κ3) is 4.87. The lowest BCUT2D eigenvalue weighted by molar-refractivity contribution is 0.0954. The van der Waals surface area contributed by atoms with Gasteiger partial charge in [-0.15, -0.1) is 5.73 Å². The fraction of sp³-hybridized carbons (Fsp3) is 0.185. The number of benzene rings is 1. The van der Waals surface area contributed by atoms with Crippen molar-refractivity contribution >= 4 is 11.3 Å². The van der Waals surface area contributed by atoms with E-state index in [1.807, 2.05) is 47.5 Å². The summed E-state index contributed by atoms with van der Waals surface area (Å²) in [6.45, 7) is 4.16. The van der Waals surface area contributed by atoms with Gasteiger partial charge in [0.1, 0.15) is 29.4 Å². The van der Waals surface area contributed by atoms with Crippen molar-refractivity contribution < 1.29 is 9.84 Å². The molecule has 0 bridgehead atoms. The van der Waals surface area contributed by atoms with Crippen LogP contribution in [0.5, 0.6) is 0 Å². The predicted molar refractivity (Wildman–Crippen MR) is 126 cm³/mol. The number of anilines is 1. The van der Waals surface area contributed by atoms with Crippen LogP contribution in [0.4, 0.5) is 5.69 Å². The number of hydrogen-bond acceptors (Lipinski definition) is 6. The number of allylic oxidation sites excluding steroid dienone is 7. The minimum Gasteiger partial charge on any atom is -0.480 e. The monoisotopic (exact) mass is 434 g/mol. The van der Waals surface area contributed by atoms with E-state index < -0.39 is 5.60 Å². The van der Waals surface area contributed by atoms with Gasteiger partial charge in [-0.1, -0.05) is 42.5 Å². The maximum absolute atomic E-state index is 9.56. The van der Waals surface area contributed by atoms with Gasteiger partial charge in [-0.25, -0.2) is 0 Å². The maximum atomic E-state index is 9.56. The zero-order valence-electron chi connectivity index (χ0n) is 18.4. The van der Waals surface area contributed by atoms with Gasteiger partial charge in [0.2, 0.25) is 0 Å². The van der Waals surface area contributed by atoms with E-state index >= 15 is 0 Å². The van der Waals surface area contributed by atoms with E-state index in [0.717, 1.165) is 16.8 Å². The van der Waals surface area contributed by atoms with E-state index in [0.29, 0.717) is 12.1 Å². The highest BCUT2D eigenvalue weighted by Crippen LogP contribution is 2.40. The van der Waals surface area contributed by atoms with Gasteiger partial charge in [0.05, 0.1) is 6.61 Å². The van der Waals surface area contributed by atoms with Crippen LogP contribution in [-0.4, -0.2) is 23.9 Å². The molecule has 0 aliphatic carbocycles. The van der Waals surface area contributed by atoms with E-state index in [-0.39, 0.29) is 23.5 Å². The second-order valence-corrected chi connectivity index (χ2v) is 7.66. The number of ether oxygens (including phenoxy) is 1. The number of aliphatic hydroxyl groups is 1. The first kappa shape index (κ1) is 23.1. The molecule has 162 valence electrons. The molecule has 6 heteroatoms. The molecule has 1 aromatic rings. The van der Waals surface area contributed by atoms with E-state index in [1.165, 1.54) is 0 Å². The molecule has 0 radical (unpaired) electrons. The van der Waals surface area contributed by atoms with Gasteiger partial charge in [0.15, 0.2) is 11.3 Å². The summed E-state index contributed by atoms with van der Waals surface area (Å²) in [6.07, 6.45) is 12.8. The van der Waals surface area contributed by atoms with Gasteiger partial charge in [-0.3, -0.25) is 0 Å². The van der Waals surface area contributed by atoms with E-state index in [4.69, 9.17) is 15.3 Å². The molecule has 33 heavy (non-hydrogen) atoms. The van der Waals surface area contributed by atoms with Crippen LogP contribution in [0.1, 0.15) is 19.4 Å². The molecule has 0 aromatic heterocycles. The zero-order chi connectivity index (χ0) is 23.8. The van der Waals surface area contributed by atoms with Crippen LogP contribution in [0.3, 0.4) is 0 Å². The van der Waals surface area contributed by atoms with Gasteiger partial charge in [0.25, 0.3) is 0 Å². The lowest BCUT2D eigenvalue weighted by atomic mass is 9.95. The molecule has 3 rings (SSSR count). The minimum absolute atomic E-state index is 0.0266. The van der Waals surface area contributed by atoms with Crippen LogP contribution in [0.2, 0.25) is 0 Å². The SMILES string of the molecule is CC1(C)OC(=C(C#N)C#N)C(C#N)=C1C=CC=CC=C=C1C=CN(CCO)c2ccccc21. The Bertz CT molecular complexity index is 1280. The summed E-state index contributed by atoms with van der Waals surface area (Å²) in [7, 11) is 0. The smallest absolute Gasteiger partial charge is 0.172 e. The normalized spacial score (nSPS) is 16.2. The maximum Gasteiger partial charge on any atom is 0.172 e. The van der Waals surface area contributed by atoms with Gasteiger partial charge in [-0.05, 0) is 32.1 Å². The molecule has 0 amide bonds. The molecular formula is C27H22N4O2. The Kier molecular flexibility index (Phi) is 7.14. The van der Waals surface area contributed by atoms with Crippen molar-refractivity contribution in [3.8, 4) is 18.2 Å². The van der Waals surface area contributed by atoms with E-state index in [1.54, 1.807) is 50.3 Å². The van der Waals surface area contributed by atoms with Crippen molar-refractivity contribution in [3.63, 3.8) is 0 Å². The Morgan fingerprint density at radius 1 is 1.12 bits per heavy atom. The van der Waals surface area contributed by atoms with Gasteiger partial charge >= 0.3 is 0 Å². The first-order valence-corrected chi connectivity index (χ1v) is 10.3. The van der Waals surface area contributed by atoms with Crippen molar-refractivity contribution in [2.24, 2.45) is 0 Å². The minimum atomic E-state index is -0.835. The summed E-state index contributed by atoms with van der Waals surface area (Å²) >= 11 is 0. The largest absolute Gasteiger partial charge is 0.480 e. The van der Waals surface area contributed by atoms with Gasteiger partial charge in [-0.2, -0.15) is 15.8 Å². The third-order valence-corrected chi connectivity index (χ3v) is 5.15. The fourth-order valence-electron chi connectivity index (χ4n) is 3.61. The summed E-state index contributed by atoms with van der Waals surface area (Å²) in [5.74, 6) is 0.0266. The lowest BCUT2D eigenvalue weighted by Crippen LogP contribution is -2.23. The molecule has 2 heterocycles. The fourth-order valence-corrected chi connectivity index (χ4v) is 3.61. The number of fused-ring (bicyclic) bond motifs is 1. The van der Waals surface area contributed by atoms with Crippen molar-refractivity contribution in [3.05, 3.63) is 101 Å². The van der Waals surface area contributed by atoms with Crippen molar-refractivity contribution in [2.45, 2.75) is 19.4 Å². The van der Waals surface area contributed by atoms with Crippen LogP contribution in [0.15, 0.2) is 95.1 Å². The summed E-state index contributed by atoms with van der Waals surface area (Å²) in [5.41, 5.74) is 6.00. The standard InChI is InChI=1S/C27H22N4O2/c1-27(2)24(23(19-30)26(33-27)21(17-28)18-29)11-6-4-3-5-9-20-13-14-31(15-16-32)25-12-8-7-10-22(20)25/h3-8,10-14,32H,15-16H2,1-2H3. The number of rotatable bonds is 5. The zero-order valence-corrected chi connectivity index (χ0v) is 18.4. The molecule has 0 saturated carbocycles. The van der Waals surface area contributed by atoms with Crippen LogP contribution in [-0.2, 0) is 4.74 Å². The molecule has 1 N–H and O–H groups in total. The van der Waals surface area contributed by atoms with Gasteiger partial charge < -0.3 is 14.7 Å². The van der Waals surface area contributed by atoms with Crippen LogP contribution in [0, 0.1) is 34.0 Å². The quantitative estimate of drug-likeness (QED) is 0.413. The molecule has 2 aliphatic heterocycles. The summed E-state index contributed by atoms with van der Waals surface area (Å²) in [6, 6.07) is 13.6. The Hall–Kier alpha value is -4.53. The van der Waals surface area contributed by atoms with Crippen LogP contribution < -0.4 is 4.90 Å². The van der Waals surface area contributed by atoms with Crippen molar-refractivity contribution in [1.29, 1.82) is 15.8 Å². The Morgan fingerprint density at radius 2 is 1.88 bits per heavy atom. The number of aliphatic hydroxyl groups excluding tert-OH is 1.